The van der Waals surface area contributed by atoms with Crippen molar-refractivity contribution in [2.75, 3.05) is 0 Å². The molecule has 2 aromatic rings. The van der Waals surface area contributed by atoms with Crippen LogP contribution in [0.5, 0.6) is 0 Å². The van der Waals surface area contributed by atoms with Gasteiger partial charge in [-0.2, -0.15) is 5.10 Å². The Morgan fingerprint density at radius 1 is 1.31 bits per heavy atom. The van der Waals surface area contributed by atoms with Crippen molar-refractivity contribution in [2.24, 2.45) is 0 Å². The van der Waals surface area contributed by atoms with Gasteiger partial charge in [-0.1, -0.05) is 13.8 Å². The van der Waals surface area contributed by atoms with Crippen molar-refractivity contribution < 1.29 is 4.39 Å². The second-order valence-electron chi connectivity index (χ2n) is 2.51. The zero-order valence-corrected chi connectivity index (χ0v) is 8.06. The van der Waals surface area contributed by atoms with E-state index in [1.807, 2.05) is 20.8 Å². The molecule has 0 saturated carbocycles. The summed E-state index contributed by atoms with van der Waals surface area (Å²) in [5.41, 5.74) is 1.66. The van der Waals surface area contributed by atoms with Crippen LogP contribution in [0.25, 0.3) is 10.9 Å². The molecule has 0 bridgehead atoms. The summed E-state index contributed by atoms with van der Waals surface area (Å²) in [4.78, 5) is 0. The van der Waals surface area contributed by atoms with Gasteiger partial charge >= 0.3 is 0 Å². The maximum atomic E-state index is 12.6. The summed E-state index contributed by atoms with van der Waals surface area (Å²) in [6.45, 7) is 5.91. The molecule has 0 aliphatic rings. The Hall–Kier alpha value is -1.38. The molecule has 1 aromatic carbocycles. The minimum Gasteiger partial charge on any atom is -0.282 e. The van der Waals surface area contributed by atoms with Crippen LogP contribution >= 0.6 is 0 Å². The van der Waals surface area contributed by atoms with Crippen LogP contribution in [0.4, 0.5) is 4.39 Å². The summed E-state index contributed by atoms with van der Waals surface area (Å²) in [5, 5.41) is 7.68. The van der Waals surface area contributed by atoms with Gasteiger partial charge in [-0.05, 0) is 19.1 Å². The molecule has 0 atom stereocenters. The van der Waals surface area contributed by atoms with Crippen molar-refractivity contribution in [1.29, 1.82) is 0 Å². The number of aromatic amines is 1. The Labute approximate surface area is 76.8 Å². The van der Waals surface area contributed by atoms with Crippen LogP contribution in [0.3, 0.4) is 0 Å². The third-order valence-corrected chi connectivity index (χ3v) is 1.71. The van der Waals surface area contributed by atoms with Gasteiger partial charge in [0.2, 0.25) is 0 Å². The number of aromatic nitrogens is 2. The first kappa shape index (κ1) is 9.71. The molecule has 0 fully saturated rings. The van der Waals surface area contributed by atoms with E-state index in [2.05, 4.69) is 10.2 Å². The van der Waals surface area contributed by atoms with E-state index in [0.717, 1.165) is 11.1 Å². The van der Waals surface area contributed by atoms with Crippen LogP contribution in [-0.2, 0) is 0 Å². The molecule has 70 valence electrons. The summed E-state index contributed by atoms with van der Waals surface area (Å²) in [6.07, 6.45) is 0. The first-order valence-corrected chi connectivity index (χ1v) is 4.37. The number of H-pyrrole nitrogens is 1. The number of hydrogen-bond donors (Lipinski definition) is 1. The molecule has 0 unspecified atom stereocenters. The zero-order chi connectivity index (χ0) is 9.84. The number of fused-ring (bicyclic) bond motifs is 1. The number of hydrogen-bond acceptors (Lipinski definition) is 1. The van der Waals surface area contributed by atoms with Gasteiger partial charge in [-0.15, -0.1) is 0 Å². The van der Waals surface area contributed by atoms with Crippen molar-refractivity contribution in [1.82, 2.24) is 10.2 Å². The molecule has 0 amide bonds. The molecule has 1 heterocycles. The quantitative estimate of drug-likeness (QED) is 0.663. The van der Waals surface area contributed by atoms with Crippen molar-refractivity contribution in [2.45, 2.75) is 20.8 Å². The molecule has 2 rings (SSSR count). The first-order chi connectivity index (χ1) is 6.27. The van der Waals surface area contributed by atoms with E-state index in [-0.39, 0.29) is 5.82 Å². The number of nitrogens with zero attached hydrogens (tertiary/aromatic N) is 1. The molecule has 1 aromatic heterocycles. The lowest BCUT2D eigenvalue weighted by Crippen LogP contribution is -1.72. The van der Waals surface area contributed by atoms with Crippen molar-refractivity contribution in [3.8, 4) is 0 Å². The van der Waals surface area contributed by atoms with Gasteiger partial charge in [-0.25, -0.2) is 4.39 Å². The lowest BCUT2D eigenvalue weighted by molar-refractivity contribution is 0.629. The maximum absolute atomic E-state index is 12.6. The van der Waals surface area contributed by atoms with Gasteiger partial charge in [0.05, 0.1) is 5.52 Å². The van der Waals surface area contributed by atoms with Gasteiger partial charge in [-0.3, -0.25) is 5.10 Å². The Balaban J connectivity index is 0.000000396. The summed E-state index contributed by atoms with van der Waals surface area (Å²) >= 11 is 0. The van der Waals surface area contributed by atoms with Gasteiger partial charge < -0.3 is 0 Å². The van der Waals surface area contributed by atoms with Gasteiger partial charge in [0, 0.05) is 17.1 Å². The van der Waals surface area contributed by atoms with E-state index in [4.69, 9.17) is 0 Å². The average Bonchev–Trinajstić information content (AvgIpc) is 2.51. The largest absolute Gasteiger partial charge is 0.282 e. The number of halogens is 1. The molecule has 0 aliphatic heterocycles. The van der Waals surface area contributed by atoms with Crippen LogP contribution in [0.2, 0.25) is 0 Å². The second-order valence-corrected chi connectivity index (χ2v) is 2.51. The van der Waals surface area contributed by atoms with Gasteiger partial charge in [0.25, 0.3) is 0 Å². The third-order valence-electron chi connectivity index (χ3n) is 1.71. The normalized spacial score (nSPS) is 9.54. The monoisotopic (exact) mass is 180 g/mol. The summed E-state index contributed by atoms with van der Waals surface area (Å²) in [6, 6.07) is 4.58. The van der Waals surface area contributed by atoms with E-state index in [1.165, 1.54) is 12.1 Å². The van der Waals surface area contributed by atoms with Crippen LogP contribution in [0, 0.1) is 12.7 Å². The highest BCUT2D eigenvalue weighted by Gasteiger charge is 2.00. The minimum atomic E-state index is -0.246. The van der Waals surface area contributed by atoms with E-state index >= 15 is 0 Å². The van der Waals surface area contributed by atoms with Crippen LogP contribution < -0.4 is 0 Å². The Morgan fingerprint density at radius 2 is 2.00 bits per heavy atom. The van der Waals surface area contributed by atoms with Gasteiger partial charge in [0.15, 0.2) is 0 Å². The average molecular weight is 180 g/mol. The SMILES string of the molecule is CC.Cc1[nH]nc2cc(F)ccc12. The molecule has 0 saturated heterocycles. The fraction of sp³-hybridized carbons (Fsp3) is 0.300. The second kappa shape index (κ2) is 4.03. The smallest absolute Gasteiger partial charge is 0.125 e. The van der Waals surface area contributed by atoms with Crippen LogP contribution in [-0.4, -0.2) is 10.2 Å². The standard InChI is InChI=1S/C8H7FN2.C2H6/c1-5-7-3-2-6(9)4-8(7)11-10-5;1-2/h2-4H,1H3,(H,10,11);1-2H3. The lowest BCUT2D eigenvalue weighted by atomic mass is 10.2. The molecule has 0 radical (unpaired) electrons. The number of benzene rings is 1. The summed E-state index contributed by atoms with van der Waals surface area (Å²) < 4.78 is 12.6. The maximum Gasteiger partial charge on any atom is 0.125 e. The number of aryl methyl sites for hydroxylation is 1. The Morgan fingerprint density at radius 3 is 2.69 bits per heavy atom. The predicted molar refractivity (Wildman–Crippen MR) is 52.1 cm³/mol. The van der Waals surface area contributed by atoms with E-state index < -0.39 is 0 Å². The van der Waals surface area contributed by atoms with E-state index in [0.29, 0.717) is 5.52 Å². The Kier molecular flexibility index (Phi) is 3.01. The fourth-order valence-electron chi connectivity index (χ4n) is 1.12. The topological polar surface area (TPSA) is 28.7 Å². The summed E-state index contributed by atoms with van der Waals surface area (Å²) in [5.74, 6) is -0.246. The van der Waals surface area contributed by atoms with Crippen molar-refractivity contribution in [3.63, 3.8) is 0 Å². The first-order valence-electron chi connectivity index (χ1n) is 4.37. The molecule has 1 N–H and O–H groups in total. The third kappa shape index (κ3) is 1.86. The molecular weight excluding hydrogens is 167 g/mol. The molecule has 0 spiro atoms. The summed E-state index contributed by atoms with van der Waals surface area (Å²) in [7, 11) is 0. The highest BCUT2D eigenvalue weighted by Crippen LogP contribution is 2.15. The minimum absolute atomic E-state index is 0.246. The van der Waals surface area contributed by atoms with E-state index in [1.54, 1.807) is 6.07 Å². The fourth-order valence-corrected chi connectivity index (χ4v) is 1.12. The molecule has 3 heteroatoms. The molecule has 13 heavy (non-hydrogen) atoms. The predicted octanol–water partition coefficient (Wildman–Crippen LogP) is 3.04. The number of nitrogens with one attached hydrogen (secondary N) is 1. The molecule has 0 aliphatic carbocycles. The van der Waals surface area contributed by atoms with Gasteiger partial charge in [0.1, 0.15) is 5.82 Å². The Bertz CT molecular complexity index is 393. The molecular formula is C10H13FN2. The highest BCUT2D eigenvalue weighted by molar-refractivity contribution is 5.80. The van der Waals surface area contributed by atoms with Crippen molar-refractivity contribution in [3.05, 3.63) is 29.7 Å². The highest BCUT2D eigenvalue weighted by atomic mass is 19.1. The molecule has 2 nitrogen and oxygen atoms in total. The number of rotatable bonds is 0. The van der Waals surface area contributed by atoms with Crippen LogP contribution in [0.1, 0.15) is 19.5 Å². The van der Waals surface area contributed by atoms with Crippen LogP contribution in [0.15, 0.2) is 18.2 Å². The van der Waals surface area contributed by atoms with Crippen molar-refractivity contribution >= 4 is 10.9 Å². The zero-order valence-electron chi connectivity index (χ0n) is 8.06. The van der Waals surface area contributed by atoms with E-state index in [9.17, 15) is 4.39 Å². The lowest BCUT2D eigenvalue weighted by Gasteiger charge is -1.87.